The minimum Gasteiger partial charge on any atom is -0.495 e. The summed E-state index contributed by atoms with van der Waals surface area (Å²) in [7, 11) is 1.48. The van der Waals surface area contributed by atoms with Gasteiger partial charge >= 0.3 is 0 Å². The fourth-order valence-corrected chi connectivity index (χ4v) is 2.59. The average molecular weight is 322 g/mol. The Kier molecular flexibility index (Phi) is 3.35. The monoisotopic (exact) mass is 321 g/mol. The molecule has 0 atom stereocenters. The number of hydrogen-bond acceptors (Lipinski definition) is 3. The number of carbonyl (C=O) groups excluding carboxylic acids is 2. The SMILES string of the molecule is COc1ccccc1N1C(=O)c2cc(Cl)c(Cl)cc2C1=O. The molecule has 0 saturated heterocycles. The third-order valence-corrected chi connectivity index (χ3v) is 3.98. The highest BCUT2D eigenvalue weighted by Crippen LogP contribution is 2.37. The molecule has 0 unspecified atom stereocenters. The molecular formula is C15H9Cl2NO3. The zero-order valence-electron chi connectivity index (χ0n) is 10.9. The van der Waals surface area contributed by atoms with E-state index >= 15 is 0 Å². The molecule has 1 heterocycles. The molecule has 21 heavy (non-hydrogen) atoms. The molecule has 0 radical (unpaired) electrons. The highest BCUT2D eigenvalue weighted by atomic mass is 35.5. The summed E-state index contributed by atoms with van der Waals surface area (Å²) in [6, 6.07) is 9.63. The number of methoxy groups -OCH3 is 1. The first-order valence-electron chi connectivity index (χ1n) is 6.05. The van der Waals surface area contributed by atoms with E-state index in [0.29, 0.717) is 11.4 Å². The van der Waals surface area contributed by atoms with E-state index in [1.807, 2.05) is 0 Å². The van der Waals surface area contributed by atoms with Crippen molar-refractivity contribution in [2.45, 2.75) is 0 Å². The van der Waals surface area contributed by atoms with Crippen molar-refractivity contribution in [3.05, 3.63) is 57.6 Å². The fourth-order valence-electron chi connectivity index (χ4n) is 2.27. The standard InChI is InChI=1S/C15H9Cl2NO3/c1-21-13-5-3-2-4-12(13)18-14(19)8-6-10(16)11(17)7-9(8)15(18)20/h2-7H,1H3. The molecule has 2 amide bonds. The summed E-state index contributed by atoms with van der Waals surface area (Å²) in [6.07, 6.45) is 0. The van der Waals surface area contributed by atoms with Crippen molar-refractivity contribution in [1.82, 2.24) is 0 Å². The predicted molar refractivity (Wildman–Crippen MR) is 80.6 cm³/mol. The summed E-state index contributed by atoms with van der Waals surface area (Å²) >= 11 is 11.8. The quantitative estimate of drug-likeness (QED) is 0.790. The minimum atomic E-state index is -0.446. The molecule has 2 aromatic carbocycles. The maximum atomic E-state index is 12.5. The van der Waals surface area contributed by atoms with Gasteiger partial charge in [-0.25, -0.2) is 4.90 Å². The molecule has 1 aliphatic heterocycles. The number of fused-ring (bicyclic) bond motifs is 1. The van der Waals surface area contributed by atoms with Crippen LogP contribution in [0, 0.1) is 0 Å². The number of rotatable bonds is 2. The molecule has 0 aliphatic carbocycles. The van der Waals surface area contributed by atoms with E-state index in [0.717, 1.165) is 4.90 Å². The summed E-state index contributed by atoms with van der Waals surface area (Å²) in [5.41, 5.74) is 0.860. The number of halogens is 2. The topological polar surface area (TPSA) is 46.6 Å². The van der Waals surface area contributed by atoms with E-state index in [-0.39, 0.29) is 21.2 Å². The van der Waals surface area contributed by atoms with E-state index < -0.39 is 11.8 Å². The van der Waals surface area contributed by atoms with Crippen LogP contribution in [0.1, 0.15) is 20.7 Å². The molecule has 0 N–H and O–H groups in total. The van der Waals surface area contributed by atoms with Crippen molar-refractivity contribution in [2.24, 2.45) is 0 Å². The molecule has 6 heteroatoms. The summed E-state index contributed by atoms with van der Waals surface area (Å²) in [5, 5.41) is 0.469. The third kappa shape index (κ3) is 2.07. The molecule has 0 spiro atoms. The molecule has 3 rings (SSSR count). The van der Waals surface area contributed by atoms with E-state index in [1.54, 1.807) is 24.3 Å². The number of hydrogen-bond donors (Lipinski definition) is 0. The Morgan fingerprint density at radius 3 is 2.00 bits per heavy atom. The Morgan fingerprint density at radius 2 is 1.48 bits per heavy atom. The first-order valence-corrected chi connectivity index (χ1v) is 6.81. The van der Waals surface area contributed by atoms with Gasteiger partial charge in [-0.15, -0.1) is 0 Å². The highest BCUT2D eigenvalue weighted by molar-refractivity contribution is 6.44. The van der Waals surface area contributed by atoms with Gasteiger partial charge in [0.1, 0.15) is 5.75 Å². The first-order chi connectivity index (χ1) is 10.0. The highest BCUT2D eigenvalue weighted by Gasteiger charge is 2.38. The van der Waals surface area contributed by atoms with Gasteiger partial charge in [0.25, 0.3) is 11.8 Å². The smallest absolute Gasteiger partial charge is 0.266 e. The molecule has 1 aliphatic rings. The lowest BCUT2D eigenvalue weighted by molar-refractivity contribution is 0.0925. The second kappa shape index (κ2) is 5.06. The number of amides is 2. The van der Waals surface area contributed by atoms with Crippen molar-refractivity contribution in [3.8, 4) is 5.75 Å². The zero-order valence-corrected chi connectivity index (χ0v) is 12.4. The molecular weight excluding hydrogens is 313 g/mol. The Bertz CT molecular complexity index is 733. The number of ether oxygens (including phenoxy) is 1. The maximum Gasteiger partial charge on any atom is 0.266 e. The van der Waals surface area contributed by atoms with Crippen LogP contribution in [0.4, 0.5) is 5.69 Å². The molecule has 0 aromatic heterocycles. The van der Waals surface area contributed by atoms with Crippen LogP contribution < -0.4 is 9.64 Å². The van der Waals surface area contributed by atoms with Crippen molar-refractivity contribution in [2.75, 3.05) is 12.0 Å². The van der Waals surface area contributed by atoms with Crippen LogP contribution in [0.25, 0.3) is 0 Å². The summed E-state index contributed by atoms with van der Waals surface area (Å²) in [4.78, 5) is 26.0. The average Bonchev–Trinajstić information content (AvgIpc) is 2.71. The predicted octanol–water partition coefficient (Wildman–Crippen LogP) is 3.80. The van der Waals surface area contributed by atoms with Gasteiger partial charge in [0.05, 0.1) is 34.0 Å². The lowest BCUT2D eigenvalue weighted by Crippen LogP contribution is -2.29. The van der Waals surface area contributed by atoms with E-state index in [2.05, 4.69) is 0 Å². The van der Waals surface area contributed by atoms with Gasteiger partial charge in [-0.05, 0) is 24.3 Å². The summed E-state index contributed by atoms with van der Waals surface area (Å²) in [6.45, 7) is 0. The van der Waals surface area contributed by atoms with Gasteiger partial charge in [-0.1, -0.05) is 35.3 Å². The second-order valence-electron chi connectivity index (χ2n) is 4.43. The number of nitrogens with zero attached hydrogens (tertiary/aromatic N) is 1. The third-order valence-electron chi connectivity index (χ3n) is 3.25. The summed E-state index contributed by atoms with van der Waals surface area (Å²) < 4.78 is 5.20. The van der Waals surface area contributed by atoms with Crippen molar-refractivity contribution in [3.63, 3.8) is 0 Å². The molecule has 106 valence electrons. The Morgan fingerprint density at radius 1 is 0.952 bits per heavy atom. The van der Waals surface area contributed by atoms with Crippen LogP contribution in [0.3, 0.4) is 0 Å². The van der Waals surface area contributed by atoms with Gasteiger partial charge < -0.3 is 4.74 Å². The van der Waals surface area contributed by atoms with Crippen molar-refractivity contribution in [1.29, 1.82) is 0 Å². The van der Waals surface area contributed by atoms with Gasteiger partial charge in [-0.3, -0.25) is 9.59 Å². The first kappa shape index (κ1) is 13.9. The number of anilines is 1. The number of benzene rings is 2. The normalized spacial score (nSPS) is 13.6. The molecule has 4 nitrogen and oxygen atoms in total. The van der Waals surface area contributed by atoms with Crippen LogP contribution in [0.15, 0.2) is 36.4 Å². The molecule has 2 aromatic rings. The largest absolute Gasteiger partial charge is 0.495 e. The fraction of sp³-hybridized carbons (Fsp3) is 0.0667. The zero-order chi connectivity index (χ0) is 15.1. The van der Waals surface area contributed by atoms with Crippen LogP contribution in [0.2, 0.25) is 10.0 Å². The second-order valence-corrected chi connectivity index (χ2v) is 5.24. The Labute approximate surface area is 130 Å². The van der Waals surface area contributed by atoms with E-state index in [9.17, 15) is 9.59 Å². The Hall–Kier alpha value is -2.04. The van der Waals surface area contributed by atoms with Gasteiger partial charge in [0.2, 0.25) is 0 Å². The van der Waals surface area contributed by atoms with Gasteiger partial charge in [-0.2, -0.15) is 0 Å². The van der Waals surface area contributed by atoms with Crippen molar-refractivity contribution >= 4 is 40.7 Å². The maximum absolute atomic E-state index is 12.5. The van der Waals surface area contributed by atoms with Crippen LogP contribution in [-0.4, -0.2) is 18.9 Å². The van der Waals surface area contributed by atoms with Crippen molar-refractivity contribution < 1.29 is 14.3 Å². The number of imide groups is 1. The minimum absolute atomic E-state index is 0.235. The van der Waals surface area contributed by atoms with Crippen LogP contribution in [0.5, 0.6) is 5.75 Å². The number of carbonyl (C=O) groups is 2. The molecule has 0 bridgehead atoms. The number of para-hydroxylation sites is 2. The lowest BCUT2D eigenvalue weighted by Gasteiger charge is -2.16. The molecule has 0 fully saturated rings. The summed E-state index contributed by atoms with van der Waals surface area (Å²) in [5.74, 6) is -0.458. The lowest BCUT2D eigenvalue weighted by atomic mass is 10.1. The van der Waals surface area contributed by atoms with Crippen LogP contribution >= 0.6 is 23.2 Å². The molecule has 0 saturated carbocycles. The van der Waals surface area contributed by atoms with Crippen LogP contribution in [-0.2, 0) is 0 Å². The van der Waals surface area contributed by atoms with Gasteiger partial charge in [0, 0.05) is 0 Å². The van der Waals surface area contributed by atoms with E-state index in [1.165, 1.54) is 19.2 Å². The Balaban J connectivity index is 2.16. The van der Waals surface area contributed by atoms with Gasteiger partial charge in [0.15, 0.2) is 0 Å². The van der Waals surface area contributed by atoms with E-state index in [4.69, 9.17) is 27.9 Å².